The van der Waals surface area contributed by atoms with Crippen LogP contribution in [-0.2, 0) is 6.61 Å². The maximum Gasteiger partial charge on any atom is 0.126 e. The standard InChI is InChI=1S/C27H34FN3O3S/c1-34-21-5-6-24-22(16-21)26(20(18-32)17-30-24)23(28)7-8-27(19-33)9-12-31(13-10-27)14-15-35-25-4-2-3-11-29-25/h2-6,11,16-17,23,32-33H,7-10,12-15,18-19H2,1H3. The van der Waals surface area contributed by atoms with E-state index in [0.717, 1.165) is 43.3 Å². The molecule has 35 heavy (non-hydrogen) atoms. The maximum absolute atomic E-state index is 15.7. The number of nitrogens with zero attached hydrogens (tertiary/aromatic N) is 3. The molecule has 1 atom stereocenters. The van der Waals surface area contributed by atoms with Gasteiger partial charge in [0.2, 0.25) is 0 Å². The molecule has 3 heterocycles. The molecular weight excluding hydrogens is 465 g/mol. The molecule has 0 radical (unpaired) electrons. The fourth-order valence-electron chi connectivity index (χ4n) is 4.88. The van der Waals surface area contributed by atoms with Gasteiger partial charge in [-0.15, -0.1) is 11.8 Å². The van der Waals surface area contributed by atoms with E-state index in [2.05, 4.69) is 14.9 Å². The second-order valence-corrected chi connectivity index (χ2v) is 10.4. The van der Waals surface area contributed by atoms with E-state index in [1.54, 1.807) is 37.2 Å². The third-order valence-corrected chi connectivity index (χ3v) is 8.08. The third-order valence-electron chi connectivity index (χ3n) is 7.16. The topological polar surface area (TPSA) is 78.7 Å². The summed E-state index contributed by atoms with van der Waals surface area (Å²) in [5, 5.41) is 21.8. The largest absolute Gasteiger partial charge is 0.497 e. The van der Waals surface area contributed by atoms with Crippen molar-refractivity contribution in [1.29, 1.82) is 0 Å². The first-order chi connectivity index (χ1) is 17.1. The van der Waals surface area contributed by atoms with Gasteiger partial charge in [0.1, 0.15) is 11.9 Å². The summed E-state index contributed by atoms with van der Waals surface area (Å²) in [6, 6.07) is 11.3. The van der Waals surface area contributed by atoms with Crippen LogP contribution in [0.3, 0.4) is 0 Å². The molecule has 1 aromatic carbocycles. The molecule has 0 aliphatic carbocycles. The molecule has 0 bridgehead atoms. The molecule has 188 valence electrons. The first kappa shape index (κ1) is 25.8. The summed E-state index contributed by atoms with van der Waals surface area (Å²) in [7, 11) is 1.58. The monoisotopic (exact) mass is 499 g/mol. The van der Waals surface area contributed by atoms with Gasteiger partial charge in [-0.2, -0.15) is 0 Å². The quantitative estimate of drug-likeness (QED) is 0.367. The molecule has 8 heteroatoms. The minimum atomic E-state index is -1.26. The number of likely N-dealkylation sites (tertiary alicyclic amines) is 1. The van der Waals surface area contributed by atoms with Crippen LogP contribution in [0.15, 0.2) is 53.8 Å². The van der Waals surface area contributed by atoms with Crippen molar-refractivity contribution in [3.05, 3.63) is 59.9 Å². The van der Waals surface area contributed by atoms with Crippen molar-refractivity contribution in [2.75, 3.05) is 39.1 Å². The lowest BCUT2D eigenvalue weighted by Crippen LogP contribution is -2.42. The molecule has 1 aliphatic heterocycles. The number of pyridine rings is 2. The van der Waals surface area contributed by atoms with E-state index >= 15 is 4.39 Å². The van der Waals surface area contributed by atoms with Crippen LogP contribution in [0, 0.1) is 5.41 Å². The van der Waals surface area contributed by atoms with Crippen molar-refractivity contribution >= 4 is 22.7 Å². The zero-order valence-electron chi connectivity index (χ0n) is 20.2. The van der Waals surface area contributed by atoms with Crippen LogP contribution in [0.4, 0.5) is 4.39 Å². The molecule has 1 saturated heterocycles. The van der Waals surface area contributed by atoms with Gasteiger partial charge in [-0.3, -0.25) is 4.98 Å². The Morgan fingerprint density at radius 1 is 1.17 bits per heavy atom. The van der Waals surface area contributed by atoms with E-state index in [4.69, 9.17) is 4.74 Å². The van der Waals surface area contributed by atoms with Crippen molar-refractivity contribution in [2.24, 2.45) is 5.41 Å². The third kappa shape index (κ3) is 6.30. The molecule has 6 nitrogen and oxygen atoms in total. The number of fused-ring (bicyclic) bond motifs is 1. The first-order valence-corrected chi connectivity index (χ1v) is 13.1. The Morgan fingerprint density at radius 3 is 2.69 bits per heavy atom. The normalized spacial score (nSPS) is 16.9. The molecule has 0 amide bonds. The van der Waals surface area contributed by atoms with Crippen LogP contribution in [0.5, 0.6) is 5.75 Å². The lowest BCUT2D eigenvalue weighted by molar-refractivity contribution is 0.0322. The van der Waals surface area contributed by atoms with E-state index in [1.807, 2.05) is 30.5 Å². The van der Waals surface area contributed by atoms with Crippen LogP contribution in [-0.4, -0.2) is 64.2 Å². The van der Waals surface area contributed by atoms with E-state index in [9.17, 15) is 10.2 Å². The average molecular weight is 500 g/mol. The highest BCUT2D eigenvalue weighted by molar-refractivity contribution is 7.99. The molecule has 0 spiro atoms. The summed E-state index contributed by atoms with van der Waals surface area (Å²) in [5.74, 6) is 1.60. The number of aliphatic hydroxyl groups is 2. The second-order valence-electron chi connectivity index (χ2n) is 9.26. The highest BCUT2D eigenvalue weighted by Gasteiger charge is 2.35. The smallest absolute Gasteiger partial charge is 0.126 e. The van der Waals surface area contributed by atoms with E-state index in [-0.39, 0.29) is 18.6 Å². The number of alkyl halides is 1. The van der Waals surface area contributed by atoms with Crippen molar-refractivity contribution in [3.63, 3.8) is 0 Å². The second kappa shape index (κ2) is 12.1. The SMILES string of the molecule is COc1ccc2ncc(CO)c(C(F)CCC3(CO)CCN(CCSc4ccccn4)CC3)c2c1. The number of thioether (sulfide) groups is 1. The van der Waals surface area contributed by atoms with E-state index in [1.165, 1.54) is 0 Å². The maximum atomic E-state index is 15.7. The Kier molecular flexibility index (Phi) is 8.94. The number of aliphatic hydroxyl groups excluding tert-OH is 2. The van der Waals surface area contributed by atoms with Crippen molar-refractivity contribution < 1.29 is 19.3 Å². The summed E-state index contributed by atoms with van der Waals surface area (Å²) in [6.07, 6.45) is 4.70. The highest BCUT2D eigenvalue weighted by atomic mass is 32.2. The van der Waals surface area contributed by atoms with Gasteiger partial charge in [-0.25, -0.2) is 9.37 Å². The minimum Gasteiger partial charge on any atom is -0.497 e. The average Bonchev–Trinajstić information content (AvgIpc) is 2.92. The van der Waals surface area contributed by atoms with Crippen LogP contribution in [0.25, 0.3) is 10.9 Å². The first-order valence-electron chi connectivity index (χ1n) is 12.1. The number of halogens is 1. The lowest BCUT2D eigenvalue weighted by atomic mass is 9.74. The predicted octanol–water partition coefficient (Wildman–Crippen LogP) is 4.79. The van der Waals surface area contributed by atoms with Gasteiger partial charge in [0.25, 0.3) is 0 Å². The number of methoxy groups -OCH3 is 1. The summed E-state index contributed by atoms with van der Waals surface area (Å²) in [4.78, 5) is 11.1. The molecule has 2 N–H and O–H groups in total. The summed E-state index contributed by atoms with van der Waals surface area (Å²) in [6.45, 7) is 2.56. The summed E-state index contributed by atoms with van der Waals surface area (Å²) in [5.41, 5.74) is 1.38. The fourth-order valence-corrected chi connectivity index (χ4v) is 5.75. The van der Waals surface area contributed by atoms with Gasteiger partial charge in [0.15, 0.2) is 0 Å². The molecule has 3 aromatic rings. The molecule has 4 rings (SSSR count). The van der Waals surface area contributed by atoms with Crippen LogP contribution in [0.1, 0.15) is 43.0 Å². The zero-order valence-corrected chi connectivity index (χ0v) is 21.0. The Hall–Kier alpha value is -2.26. The Morgan fingerprint density at radius 2 is 2.00 bits per heavy atom. The van der Waals surface area contributed by atoms with E-state index < -0.39 is 6.17 Å². The van der Waals surface area contributed by atoms with Gasteiger partial charge in [0.05, 0.1) is 24.3 Å². The highest BCUT2D eigenvalue weighted by Crippen LogP contribution is 2.41. The summed E-state index contributed by atoms with van der Waals surface area (Å²) >= 11 is 1.75. The molecule has 1 aliphatic rings. The molecular formula is C27H34FN3O3S. The van der Waals surface area contributed by atoms with Gasteiger partial charge < -0.3 is 19.8 Å². The van der Waals surface area contributed by atoms with Crippen molar-refractivity contribution in [3.8, 4) is 5.75 Å². The lowest BCUT2D eigenvalue weighted by Gasteiger charge is -2.41. The Labute approximate surface area is 210 Å². The van der Waals surface area contributed by atoms with Crippen LogP contribution in [0.2, 0.25) is 0 Å². The van der Waals surface area contributed by atoms with Gasteiger partial charge in [-0.05, 0) is 74.5 Å². The predicted molar refractivity (Wildman–Crippen MR) is 137 cm³/mol. The Balaban J connectivity index is 1.36. The number of benzene rings is 1. The number of piperidine rings is 1. The molecule has 2 aromatic heterocycles. The fraction of sp³-hybridized carbons (Fsp3) is 0.481. The van der Waals surface area contributed by atoms with Gasteiger partial charge in [0, 0.05) is 47.8 Å². The minimum absolute atomic E-state index is 0.0635. The number of aromatic nitrogens is 2. The number of rotatable bonds is 11. The molecule has 1 unspecified atom stereocenters. The number of hydrogen-bond acceptors (Lipinski definition) is 7. The Bertz CT molecular complexity index is 1090. The number of hydrogen-bond donors (Lipinski definition) is 2. The zero-order chi connectivity index (χ0) is 24.7. The number of ether oxygens (including phenoxy) is 1. The molecule has 0 saturated carbocycles. The van der Waals surface area contributed by atoms with Gasteiger partial charge in [-0.1, -0.05) is 6.07 Å². The van der Waals surface area contributed by atoms with Crippen LogP contribution >= 0.6 is 11.8 Å². The summed E-state index contributed by atoms with van der Waals surface area (Å²) < 4.78 is 21.1. The van der Waals surface area contributed by atoms with Crippen molar-refractivity contribution in [2.45, 2.75) is 43.5 Å². The van der Waals surface area contributed by atoms with Crippen LogP contribution < -0.4 is 4.74 Å². The van der Waals surface area contributed by atoms with E-state index in [0.29, 0.717) is 40.6 Å². The van der Waals surface area contributed by atoms with Crippen molar-refractivity contribution in [1.82, 2.24) is 14.9 Å². The molecule has 1 fully saturated rings. The van der Waals surface area contributed by atoms with Gasteiger partial charge >= 0.3 is 0 Å².